The number of hydrogen-bond donors (Lipinski definition) is 0. The van der Waals surface area contributed by atoms with Crippen LogP contribution in [0.25, 0.3) is 11.1 Å². The number of alkyl halides is 3. The number of hydrogen-bond acceptors (Lipinski definition) is 1. The zero-order valence-electron chi connectivity index (χ0n) is 9.84. The van der Waals surface area contributed by atoms with Gasteiger partial charge in [0.2, 0.25) is 0 Å². The Labute approximate surface area is 126 Å². The number of aldehydes is 1. The highest BCUT2D eigenvalue weighted by Crippen LogP contribution is 2.41. The second-order valence-electron chi connectivity index (χ2n) is 4.06. The normalized spacial score (nSPS) is 11.4. The van der Waals surface area contributed by atoms with Crippen molar-refractivity contribution in [1.82, 2.24) is 0 Å². The molecule has 0 radical (unpaired) electrons. The maximum Gasteiger partial charge on any atom is 0.417 e. The molecule has 0 saturated heterocycles. The molecule has 0 fully saturated rings. The fourth-order valence-corrected chi connectivity index (χ4v) is 2.39. The van der Waals surface area contributed by atoms with Crippen molar-refractivity contribution in [3.8, 4) is 11.1 Å². The average molecular weight is 364 g/mol. The molecule has 0 heterocycles. The molecule has 2 aromatic rings. The Balaban J connectivity index is 2.57. The summed E-state index contributed by atoms with van der Waals surface area (Å²) in [5.74, 6) is 0. The zero-order chi connectivity index (χ0) is 14.9. The topological polar surface area (TPSA) is 17.1 Å². The lowest BCUT2D eigenvalue weighted by Crippen LogP contribution is -2.06. The van der Waals surface area contributed by atoms with E-state index in [1.54, 1.807) is 12.1 Å². The van der Waals surface area contributed by atoms with E-state index in [0.717, 1.165) is 6.07 Å². The Morgan fingerprint density at radius 1 is 1.05 bits per heavy atom. The molecule has 20 heavy (non-hydrogen) atoms. The van der Waals surface area contributed by atoms with Crippen LogP contribution in [0.2, 0.25) is 5.02 Å². The molecule has 0 aromatic heterocycles. The van der Waals surface area contributed by atoms with Gasteiger partial charge in [-0.15, -0.1) is 0 Å². The van der Waals surface area contributed by atoms with E-state index in [1.165, 1.54) is 18.2 Å². The highest BCUT2D eigenvalue weighted by Gasteiger charge is 2.34. The minimum absolute atomic E-state index is 0.170. The van der Waals surface area contributed by atoms with Crippen LogP contribution in [0.5, 0.6) is 0 Å². The summed E-state index contributed by atoms with van der Waals surface area (Å²) < 4.78 is 38.8. The van der Waals surface area contributed by atoms with Gasteiger partial charge < -0.3 is 0 Å². The van der Waals surface area contributed by atoms with Crippen molar-refractivity contribution in [2.45, 2.75) is 6.18 Å². The van der Waals surface area contributed by atoms with E-state index in [0.29, 0.717) is 23.0 Å². The molecule has 1 nitrogen and oxygen atoms in total. The van der Waals surface area contributed by atoms with Crippen molar-refractivity contribution in [3.05, 3.63) is 57.0 Å². The molecule has 6 heteroatoms. The van der Waals surface area contributed by atoms with Gasteiger partial charge in [-0.2, -0.15) is 13.2 Å². The highest BCUT2D eigenvalue weighted by molar-refractivity contribution is 9.10. The van der Waals surface area contributed by atoms with Gasteiger partial charge in [-0.3, -0.25) is 4.79 Å². The van der Waals surface area contributed by atoms with Crippen LogP contribution in [0.4, 0.5) is 13.2 Å². The van der Waals surface area contributed by atoms with Crippen LogP contribution in [-0.2, 0) is 6.18 Å². The van der Waals surface area contributed by atoms with Gasteiger partial charge in [0.05, 0.1) is 10.6 Å². The third kappa shape index (κ3) is 3.04. The van der Waals surface area contributed by atoms with Crippen LogP contribution < -0.4 is 0 Å². The van der Waals surface area contributed by atoms with Crippen molar-refractivity contribution >= 4 is 33.8 Å². The van der Waals surface area contributed by atoms with Gasteiger partial charge >= 0.3 is 6.18 Å². The van der Waals surface area contributed by atoms with Crippen molar-refractivity contribution in [3.63, 3.8) is 0 Å². The summed E-state index contributed by atoms with van der Waals surface area (Å²) in [6.45, 7) is 0. The maximum absolute atomic E-state index is 12.9. The van der Waals surface area contributed by atoms with Gasteiger partial charge in [0.1, 0.15) is 6.29 Å². The first-order valence-corrected chi connectivity index (χ1v) is 6.62. The van der Waals surface area contributed by atoms with Gasteiger partial charge in [-0.1, -0.05) is 35.9 Å². The van der Waals surface area contributed by atoms with E-state index in [4.69, 9.17) is 11.6 Å². The first-order valence-electron chi connectivity index (χ1n) is 5.45. The number of carbonyl (C=O) groups excluding carboxylic acids is 1. The van der Waals surface area contributed by atoms with E-state index in [1.807, 2.05) is 0 Å². The molecule has 0 unspecified atom stereocenters. The average Bonchev–Trinajstić information content (AvgIpc) is 2.40. The molecule has 0 N–H and O–H groups in total. The predicted octanol–water partition coefficient (Wildman–Crippen LogP) is 5.60. The summed E-state index contributed by atoms with van der Waals surface area (Å²) in [6, 6.07) is 8.74. The zero-order valence-corrected chi connectivity index (χ0v) is 12.2. The summed E-state index contributed by atoms with van der Waals surface area (Å²) >= 11 is 8.70. The quantitative estimate of drug-likeness (QED) is 0.635. The second-order valence-corrected chi connectivity index (χ2v) is 5.29. The van der Waals surface area contributed by atoms with E-state index in [-0.39, 0.29) is 9.50 Å². The fraction of sp³-hybridized carbons (Fsp3) is 0.0714. The molecule has 0 aliphatic carbocycles. The lowest BCUT2D eigenvalue weighted by Gasteiger charge is -2.13. The van der Waals surface area contributed by atoms with Gasteiger partial charge in [0.25, 0.3) is 0 Å². The lowest BCUT2D eigenvalue weighted by molar-refractivity contribution is -0.137. The monoisotopic (exact) mass is 362 g/mol. The van der Waals surface area contributed by atoms with Crippen molar-refractivity contribution in [2.24, 2.45) is 0 Å². The van der Waals surface area contributed by atoms with Crippen molar-refractivity contribution in [1.29, 1.82) is 0 Å². The molecule has 2 rings (SSSR count). The van der Waals surface area contributed by atoms with Gasteiger partial charge in [0.15, 0.2) is 0 Å². The SMILES string of the molecule is O=Cc1ccc(-c2cc(Br)c(Cl)c(C(F)(F)F)c2)cc1. The Kier molecular flexibility index (Phi) is 4.20. The minimum atomic E-state index is -4.53. The number of benzene rings is 2. The molecule has 0 amide bonds. The summed E-state index contributed by atoms with van der Waals surface area (Å²) in [5.41, 5.74) is 0.491. The maximum atomic E-state index is 12.9. The molecule has 0 spiro atoms. The van der Waals surface area contributed by atoms with Gasteiger partial charge in [-0.25, -0.2) is 0 Å². The molecule has 0 aliphatic heterocycles. The summed E-state index contributed by atoms with van der Waals surface area (Å²) in [6.07, 6.45) is -3.86. The van der Waals surface area contributed by atoms with Crippen LogP contribution in [0.3, 0.4) is 0 Å². The van der Waals surface area contributed by atoms with Crippen LogP contribution in [0.1, 0.15) is 15.9 Å². The number of halogens is 5. The fourth-order valence-electron chi connectivity index (χ4n) is 1.72. The van der Waals surface area contributed by atoms with Gasteiger partial charge in [0, 0.05) is 10.0 Å². The summed E-state index contributed by atoms with van der Waals surface area (Å²) in [7, 11) is 0. The third-order valence-corrected chi connectivity index (χ3v) is 3.97. The van der Waals surface area contributed by atoms with E-state index in [2.05, 4.69) is 15.9 Å². The van der Waals surface area contributed by atoms with Crippen LogP contribution >= 0.6 is 27.5 Å². The second kappa shape index (κ2) is 5.58. The van der Waals surface area contributed by atoms with Crippen LogP contribution in [-0.4, -0.2) is 6.29 Å². The Hall–Kier alpha value is -1.33. The van der Waals surface area contributed by atoms with E-state index in [9.17, 15) is 18.0 Å². The van der Waals surface area contributed by atoms with E-state index < -0.39 is 11.7 Å². The minimum Gasteiger partial charge on any atom is -0.298 e. The Bertz CT molecular complexity index is 651. The standard InChI is InChI=1S/C14H7BrClF3O/c15-12-6-10(5-11(13(12)16)14(17,18)19)9-3-1-8(7-20)2-4-9/h1-7H. The van der Waals surface area contributed by atoms with Gasteiger partial charge in [-0.05, 0) is 39.2 Å². The summed E-state index contributed by atoms with van der Waals surface area (Å²) in [5, 5.41) is -0.370. The highest BCUT2D eigenvalue weighted by atomic mass is 79.9. The largest absolute Gasteiger partial charge is 0.417 e. The number of rotatable bonds is 2. The van der Waals surface area contributed by atoms with Crippen molar-refractivity contribution < 1.29 is 18.0 Å². The molecular formula is C14H7BrClF3O. The molecule has 0 saturated carbocycles. The summed E-state index contributed by atoms with van der Waals surface area (Å²) in [4.78, 5) is 10.6. The molecule has 0 aliphatic rings. The molecular weight excluding hydrogens is 357 g/mol. The Morgan fingerprint density at radius 3 is 2.15 bits per heavy atom. The molecule has 2 aromatic carbocycles. The third-order valence-electron chi connectivity index (χ3n) is 2.71. The Morgan fingerprint density at radius 2 is 1.65 bits per heavy atom. The predicted molar refractivity (Wildman–Crippen MR) is 75.0 cm³/mol. The smallest absolute Gasteiger partial charge is 0.298 e. The molecule has 0 bridgehead atoms. The van der Waals surface area contributed by atoms with E-state index >= 15 is 0 Å². The van der Waals surface area contributed by atoms with Crippen molar-refractivity contribution in [2.75, 3.05) is 0 Å². The van der Waals surface area contributed by atoms with Crippen LogP contribution in [0.15, 0.2) is 40.9 Å². The first-order chi connectivity index (χ1) is 9.32. The number of carbonyl (C=O) groups is 1. The van der Waals surface area contributed by atoms with Crippen LogP contribution in [0, 0.1) is 0 Å². The first kappa shape index (κ1) is 15.1. The molecule has 104 valence electrons. The molecule has 0 atom stereocenters. The lowest BCUT2D eigenvalue weighted by atomic mass is 10.0.